The van der Waals surface area contributed by atoms with Crippen LogP contribution in [-0.2, 0) is 16.6 Å². The molecule has 1 aliphatic heterocycles. The van der Waals surface area contributed by atoms with Gasteiger partial charge in [-0.2, -0.15) is 0 Å². The third-order valence-corrected chi connectivity index (χ3v) is 4.78. The lowest BCUT2D eigenvalue weighted by Crippen LogP contribution is -2.35. The number of primary sulfonamides is 1. The zero-order chi connectivity index (χ0) is 15.5. The third-order valence-electron chi connectivity index (χ3n) is 3.90. The maximum Gasteiger partial charge on any atom is 0.270 e. The maximum atomic E-state index is 12.7. The van der Waals surface area contributed by atoms with Crippen molar-refractivity contribution in [1.29, 1.82) is 0 Å². The van der Waals surface area contributed by atoms with Crippen molar-refractivity contribution in [3.8, 4) is 0 Å². The van der Waals surface area contributed by atoms with Crippen LogP contribution in [0, 0.1) is 0 Å². The normalized spacial score (nSPS) is 17.3. The van der Waals surface area contributed by atoms with Crippen molar-refractivity contribution in [3.05, 3.63) is 18.0 Å². The number of amides is 1. The number of hydrogen-bond acceptors (Lipinski definition) is 3. The lowest BCUT2D eigenvalue weighted by Gasteiger charge is -2.25. The first-order chi connectivity index (χ1) is 9.93. The second-order valence-corrected chi connectivity index (χ2v) is 7.01. The van der Waals surface area contributed by atoms with E-state index in [1.54, 1.807) is 4.57 Å². The maximum absolute atomic E-state index is 12.7. The first kappa shape index (κ1) is 16.0. The molecule has 2 rings (SSSR count). The molecule has 0 aliphatic carbocycles. The molecule has 2 heterocycles. The Morgan fingerprint density at radius 2 is 1.76 bits per heavy atom. The molecule has 0 bridgehead atoms. The number of carbonyl (C=O) groups excluding carboxylic acids is 1. The molecule has 0 saturated carbocycles. The van der Waals surface area contributed by atoms with Crippen molar-refractivity contribution >= 4 is 15.9 Å². The average molecular weight is 313 g/mol. The molecule has 0 atom stereocenters. The zero-order valence-corrected chi connectivity index (χ0v) is 13.2. The fraction of sp³-hybridized carbons (Fsp3) is 0.643. The number of hydrogen-bond donors (Lipinski definition) is 1. The Hall–Kier alpha value is -1.34. The second-order valence-electron chi connectivity index (χ2n) is 5.45. The zero-order valence-electron chi connectivity index (χ0n) is 12.4. The standard InChI is InChI=1S/C14H23N3O3S/c1-2-16-11-12(21(15,19)20)10-13(16)14(18)17-8-6-4-3-5-7-9-17/h10-11H,2-9H2,1H3,(H2,15,19,20). The SMILES string of the molecule is CCn1cc(S(N)(=O)=O)cc1C(=O)N1CCCCCCC1. The van der Waals surface area contributed by atoms with E-state index in [0.29, 0.717) is 12.2 Å². The van der Waals surface area contributed by atoms with Crippen LogP contribution in [0.5, 0.6) is 0 Å². The fourth-order valence-corrected chi connectivity index (χ4v) is 3.24. The van der Waals surface area contributed by atoms with Crippen molar-refractivity contribution in [1.82, 2.24) is 9.47 Å². The summed E-state index contributed by atoms with van der Waals surface area (Å²) in [4.78, 5) is 14.5. The van der Waals surface area contributed by atoms with Crippen LogP contribution in [0.2, 0.25) is 0 Å². The minimum atomic E-state index is -3.78. The summed E-state index contributed by atoms with van der Waals surface area (Å²) in [5, 5.41) is 5.15. The van der Waals surface area contributed by atoms with Crippen LogP contribution in [0.3, 0.4) is 0 Å². The van der Waals surface area contributed by atoms with Gasteiger partial charge in [0.1, 0.15) is 10.6 Å². The van der Waals surface area contributed by atoms with Gasteiger partial charge in [0.15, 0.2) is 0 Å². The van der Waals surface area contributed by atoms with E-state index in [2.05, 4.69) is 0 Å². The number of nitrogens with zero attached hydrogens (tertiary/aromatic N) is 2. The third kappa shape index (κ3) is 3.85. The number of sulfonamides is 1. The van der Waals surface area contributed by atoms with E-state index in [-0.39, 0.29) is 10.8 Å². The van der Waals surface area contributed by atoms with Crippen molar-refractivity contribution in [2.75, 3.05) is 13.1 Å². The van der Waals surface area contributed by atoms with Gasteiger partial charge in [0.2, 0.25) is 10.0 Å². The Morgan fingerprint density at radius 1 is 1.19 bits per heavy atom. The van der Waals surface area contributed by atoms with Crippen LogP contribution in [0.1, 0.15) is 49.5 Å². The highest BCUT2D eigenvalue weighted by molar-refractivity contribution is 7.89. The van der Waals surface area contributed by atoms with Crippen LogP contribution in [0.4, 0.5) is 0 Å². The first-order valence-electron chi connectivity index (χ1n) is 7.45. The number of carbonyl (C=O) groups is 1. The molecule has 21 heavy (non-hydrogen) atoms. The molecule has 1 saturated heterocycles. The topological polar surface area (TPSA) is 85.4 Å². The molecule has 118 valence electrons. The smallest absolute Gasteiger partial charge is 0.270 e. The molecule has 1 amide bonds. The Labute approximate surface area is 126 Å². The molecule has 7 heteroatoms. The van der Waals surface area contributed by atoms with Crippen molar-refractivity contribution in [3.63, 3.8) is 0 Å². The van der Waals surface area contributed by atoms with E-state index in [1.807, 2.05) is 11.8 Å². The molecule has 1 aromatic heterocycles. The van der Waals surface area contributed by atoms with Gasteiger partial charge in [0, 0.05) is 25.8 Å². The first-order valence-corrected chi connectivity index (χ1v) is 9.00. The molecule has 0 radical (unpaired) electrons. The van der Waals surface area contributed by atoms with Gasteiger partial charge in [-0.25, -0.2) is 13.6 Å². The Bertz CT molecular complexity index is 599. The van der Waals surface area contributed by atoms with Crippen molar-refractivity contribution in [2.24, 2.45) is 5.14 Å². The quantitative estimate of drug-likeness (QED) is 0.919. The highest BCUT2D eigenvalue weighted by Gasteiger charge is 2.23. The summed E-state index contributed by atoms with van der Waals surface area (Å²) < 4.78 is 24.6. The monoisotopic (exact) mass is 313 g/mol. The van der Waals surface area contributed by atoms with Gasteiger partial charge in [0.25, 0.3) is 5.91 Å². The number of aryl methyl sites for hydroxylation is 1. The van der Waals surface area contributed by atoms with Crippen LogP contribution in [0.25, 0.3) is 0 Å². The number of rotatable bonds is 3. The summed E-state index contributed by atoms with van der Waals surface area (Å²) in [6.07, 6.45) is 6.94. The van der Waals surface area contributed by atoms with Gasteiger partial charge in [-0.1, -0.05) is 19.3 Å². The molecule has 0 unspecified atom stereocenters. The van der Waals surface area contributed by atoms with E-state index in [4.69, 9.17) is 5.14 Å². The summed E-state index contributed by atoms with van der Waals surface area (Å²) in [7, 11) is -3.78. The summed E-state index contributed by atoms with van der Waals surface area (Å²) >= 11 is 0. The second kappa shape index (κ2) is 6.62. The van der Waals surface area contributed by atoms with Crippen LogP contribution in [-0.4, -0.2) is 36.9 Å². The number of aromatic nitrogens is 1. The van der Waals surface area contributed by atoms with Crippen LogP contribution >= 0.6 is 0 Å². The van der Waals surface area contributed by atoms with Crippen LogP contribution in [0.15, 0.2) is 17.2 Å². The lowest BCUT2D eigenvalue weighted by atomic mass is 10.1. The van der Waals surface area contributed by atoms with Crippen molar-refractivity contribution < 1.29 is 13.2 Å². The summed E-state index contributed by atoms with van der Waals surface area (Å²) in [6, 6.07) is 1.39. The predicted octanol–water partition coefficient (Wildman–Crippen LogP) is 1.56. The predicted molar refractivity (Wildman–Crippen MR) is 80.5 cm³/mol. The van der Waals surface area contributed by atoms with E-state index < -0.39 is 10.0 Å². The Kier molecular flexibility index (Phi) is 5.05. The molecular weight excluding hydrogens is 290 g/mol. The van der Waals surface area contributed by atoms with Gasteiger partial charge in [-0.3, -0.25) is 4.79 Å². The molecule has 6 nitrogen and oxygen atoms in total. The fourth-order valence-electron chi connectivity index (χ4n) is 2.69. The molecule has 0 spiro atoms. The van der Waals surface area contributed by atoms with Gasteiger partial charge >= 0.3 is 0 Å². The van der Waals surface area contributed by atoms with Crippen molar-refractivity contribution in [2.45, 2.75) is 50.5 Å². The Morgan fingerprint density at radius 3 is 2.29 bits per heavy atom. The lowest BCUT2D eigenvalue weighted by molar-refractivity contribution is 0.0731. The summed E-state index contributed by atoms with van der Waals surface area (Å²) in [6.45, 7) is 3.87. The highest BCUT2D eigenvalue weighted by Crippen LogP contribution is 2.18. The van der Waals surface area contributed by atoms with Gasteiger partial charge in [-0.15, -0.1) is 0 Å². The minimum Gasteiger partial charge on any atom is -0.342 e. The number of likely N-dealkylation sites (tertiary alicyclic amines) is 1. The van der Waals surface area contributed by atoms with E-state index >= 15 is 0 Å². The van der Waals surface area contributed by atoms with Gasteiger partial charge < -0.3 is 9.47 Å². The summed E-state index contributed by atoms with van der Waals surface area (Å²) in [5.74, 6) is -0.103. The molecule has 1 aliphatic rings. The highest BCUT2D eigenvalue weighted by atomic mass is 32.2. The summed E-state index contributed by atoms with van der Waals surface area (Å²) in [5.41, 5.74) is 0.405. The number of nitrogens with two attached hydrogens (primary N) is 1. The molecule has 2 N–H and O–H groups in total. The molecule has 1 fully saturated rings. The average Bonchev–Trinajstić information content (AvgIpc) is 2.81. The van der Waals surface area contributed by atoms with Gasteiger partial charge in [0.05, 0.1) is 0 Å². The van der Waals surface area contributed by atoms with E-state index in [9.17, 15) is 13.2 Å². The Balaban J connectivity index is 2.26. The molecular formula is C14H23N3O3S. The van der Waals surface area contributed by atoms with E-state index in [0.717, 1.165) is 38.8 Å². The minimum absolute atomic E-state index is 0.000237. The van der Waals surface area contributed by atoms with Gasteiger partial charge in [-0.05, 0) is 25.8 Å². The van der Waals surface area contributed by atoms with E-state index in [1.165, 1.54) is 18.7 Å². The molecule has 1 aromatic rings. The largest absolute Gasteiger partial charge is 0.342 e. The molecule has 0 aromatic carbocycles. The van der Waals surface area contributed by atoms with Crippen LogP contribution < -0.4 is 5.14 Å².